The largest absolute Gasteiger partial charge is 0.466 e. The van der Waals surface area contributed by atoms with E-state index >= 15 is 0 Å². The molecule has 2 heterocycles. The first-order valence-electron chi connectivity index (χ1n) is 13.4. The molecule has 4 amide bonds. The molecule has 0 saturated heterocycles. The Morgan fingerprint density at radius 3 is 2.11 bits per heavy atom. The van der Waals surface area contributed by atoms with Gasteiger partial charge in [0, 0.05) is 18.9 Å². The Bertz CT molecular complexity index is 1270. The van der Waals surface area contributed by atoms with Crippen molar-refractivity contribution in [1.29, 1.82) is 0 Å². The minimum atomic E-state index is -1.23. The van der Waals surface area contributed by atoms with Crippen LogP contribution in [0.3, 0.4) is 0 Å². The van der Waals surface area contributed by atoms with Gasteiger partial charge in [0.15, 0.2) is 5.72 Å². The average molecular weight is 519 g/mol. The third kappa shape index (κ3) is 4.02. The third-order valence-corrected chi connectivity index (χ3v) is 8.36. The van der Waals surface area contributed by atoms with E-state index in [9.17, 15) is 24.3 Å². The molecule has 0 bridgehead atoms. The highest BCUT2D eigenvalue weighted by molar-refractivity contribution is 6.21. The van der Waals surface area contributed by atoms with Crippen LogP contribution in [0.15, 0.2) is 48.5 Å². The summed E-state index contributed by atoms with van der Waals surface area (Å²) < 4.78 is 6.66. The zero-order valence-electron chi connectivity index (χ0n) is 22.2. The molecule has 0 radical (unpaired) electrons. The van der Waals surface area contributed by atoms with Crippen molar-refractivity contribution in [1.82, 2.24) is 9.80 Å². The average Bonchev–Trinajstić information content (AvgIpc) is 3.11. The van der Waals surface area contributed by atoms with E-state index in [4.69, 9.17) is 4.74 Å². The van der Waals surface area contributed by atoms with Gasteiger partial charge in [-0.15, -0.1) is 0 Å². The van der Waals surface area contributed by atoms with Crippen LogP contribution in [0.5, 0.6) is 5.75 Å². The molecule has 0 aromatic heterocycles. The van der Waals surface area contributed by atoms with E-state index in [1.165, 1.54) is 11.8 Å². The molecular formula is C30H34N2O6. The van der Waals surface area contributed by atoms with Crippen LogP contribution in [0.4, 0.5) is 0 Å². The number of aliphatic hydroxyl groups excluding tert-OH is 1. The van der Waals surface area contributed by atoms with Crippen molar-refractivity contribution < 1.29 is 29.0 Å². The molecule has 2 aromatic carbocycles. The lowest BCUT2D eigenvalue weighted by atomic mass is 9.69. The van der Waals surface area contributed by atoms with Gasteiger partial charge in [-0.3, -0.25) is 24.1 Å². The van der Waals surface area contributed by atoms with Gasteiger partial charge in [0.1, 0.15) is 5.75 Å². The van der Waals surface area contributed by atoms with Gasteiger partial charge < -0.3 is 9.84 Å². The summed E-state index contributed by atoms with van der Waals surface area (Å²) >= 11 is 0. The normalized spacial score (nSPS) is 26.3. The van der Waals surface area contributed by atoms with Crippen molar-refractivity contribution in [2.45, 2.75) is 58.8 Å². The second-order valence-corrected chi connectivity index (χ2v) is 11.3. The van der Waals surface area contributed by atoms with Gasteiger partial charge in [-0.1, -0.05) is 45.0 Å². The first-order chi connectivity index (χ1) is 18.1. The quantitative estimate of drug-likeness (QED) is 0.597. The number of carbonyl (C=O) groups excluding carboxylic acids is 4. The Balaban J connectivity index is 1.57. The highest BCUT2D eigenvalue weighted by Gasteiger charge is 2.59. The molecule has 38 heavy (non-hydrogen) atoms. The first kappa shape index (κ1) is 26.1. The van der Waals surface area contributed by atoms with Crippen LogP contribution in [-0.2, 0) is 4.79 Å². The minimum Gasteiger partial charge on any atom is -0.466 e. The highest BCUT2D eigenvalue weighted by atomic mass is 16.5. The fourth-order valence-electron chi connectivity index (χ4n) is 6.42. The van der Waals surface area contributed by atoms with Gasteiger partial charge >= 0.3 is 0 Å². The predicted octanol–water partition coefficient (Wildman–Crippen LogP) is 4.13. The molecule has 5 atom stereocenters. The number of aliphatic hydroxyl groups is 1. The molecule has 8 nitrogen and oxygen atoms in total. The van der Waals surface area contributed by atoms with Crippen molar-refractivity contribution in [3.63, 3.8) is 0 Å². The first-order valence-corrected chi connectivity index (χ1v) is 13.4. The van der Waals surface area contributed by atoms with Gasteiger partial charge in [-0.05, 0) is 55.9 Å². The van der Waals surface area contributed by atoms with Crippen molar-refractivity contribution >= 4 is 23.6 Å². The summed E-state index contributed by atoms with van der Waals surface area (Å²) in [6.07, 6.45) is 0.949. The lowest BCUT2D eigenvalue weighted by molar-refractivity contribution is -0.181. The second-order valence-electron chi connectivity index (χ2n) is 11.3. The van der Waals surface area contributed by atoms with Crippen LogP contribution in [0.1, 0.15) is 78.0 Å². The van der Waals surface area contributed by atoms with Gasteiger partial charge in [-0.2, -0.15) is 0 Å². The Hall–Kier alpha value is -3.52. The molecule has 0 unspecified atom stereocenters. The summed E-state index contributed by atoms with van der Waals surface area (Å²) in [6, 6.07) is 13.4. The number of carbonyl (C=O) groups is 4. The van der Waals surface area contributed by atoms with Gasteiger partial charge in [0.05, 0.1) is 28.7 Å². The van der Waals surface area contributed by atoms with E-state index in [-0.39, 0.29) is 41.0 Å². The van der Waals surface area contributed by atoms with E-state index in [0.717, 1.165) is 17.7 Å². The number of hydrogen-bond donors (Lipinski definition) is 1. The molecule has 1 N–H and O–H groups in total. The molecule has 3 aliphatic rings. The smallest absolute Gasteiger partial charge is 0.267 e. The van der Waals surface area contributed by atoms with Crippen LogP contribution >= 0.6 is 0 Å². The molecular weight excluding hydrogens is 484 g/mol. The number of imide groups is 2. The summed E-state index contributed by atoms with van der Waals surface area (Å²) in [7, 11) is 0. The number of hydrogen-bond acceptors (Lipinski definition) is 6. The summed E-state index contributed by atoms with van der Waals surface area (Å²) in [4.78, 5) is 56.8. The maximum atomic E-state index is 14.4. The van der Waals surface area contributed by atoms with Crippen molar-refractivity contribution in [3.05, 3.63) is 65.2 Å². The van der Waals surface area contributed by atoms with E-state index in [1.54, 1.807) is 48.5 Å². The van der Waals surface area contributed by atoms with E-state index < -0.39 is 41.4 Å². The maximum Gasteiger partial charge on any atom is 0.267 e. The lowest BCUT2D eigenvalue weighted by Gasteiger charge is -2.55. The zero-order valence-corrected chi connectivity index (χ0v) is 22.2. The van der Waals surface area contributed by atoms with Gasteiger partial charge in [-0.25, -0.2) is 4.90 Å². The Kier molecular flexibility index (Phi) is 6.63. The van der Waals surface area contributed by atoms with Crippen LogP contribution in [-0.4, -0.2) is 56.9 Å². The zero-order chi connectivity index (χ0) is 27.4. The standard InChI is InChI=1S/C30H34N2O6/c1-17(2)24-14-13-18(3)15-30(24)32(28(36)22-11-7-8-12-25(22)38-30)29(37)23(19(4)33)16-31-26(34)20-9-5-6-10-21(20)27(31)35/h5-12,17-19,23-24,33H,13-16H2,1-4H3/t18-,19-,23+,24+,30+/m1/s1. The van der Waals surface area contributed by atoms with Gasteiger partial charge in [0.2, 0.25) is 5.91 Å². The molecule has 2 aliphatic heterocycles. The highest BCUT2D eigenvalue weighted by Crippen LogP contribution is 2.50. The van der Waals surface area contributed by atoms with Crippen molar-refractivity contribution in [2.75, 3.05) is 6.54 Å². The SMILES string of the molecule is CC(C)[C@@H]1CC[C@@H](C)C[C@]12Oc1ccccc1C(=O)N2C(=O)[C@@H](CN1C(=O)c2ccccc2C1=O)[C@@H](C)O. The number of amides is 4. The van der Waals surface area contributed by atoms with E-state index in [2.05, 4.69) is 20.8 Å². The fourth-order valence-corrected chi connectivity index (χ4v) is 6.42. The molecule has 1 fully saturated rings. The van der Waals surface area contributed by atoms with Crippen LogP contribution in [0, 0.1) is 23.7 Å². The molecule has 8 heteroatoms. The maximum absolute atomic E-state index is 14.4. The summed E-state index contributed by atoms with van der Waals surface area (Å²) in [5.41, 5.74) is -0.433. The fraction of sp³-hybridized carbons (Fsp3) is 0.467. The van der Waals surface area contributed by atoms with E-state index in [1.807, 2.05) is 0 Å². The number of rotatable bonds is 5. The Morgan fingerprint density at radius 1 is 0.947 bits per heavy atom. The number of ether oxygens (including phenoxy) is 1. The summed E-state index contributed by atoms with van der Waals surface area (Å²) in [5.74, 6) is -2.76. The Morgan fingerprint density at radius 2 is 1.53 bits per heavy atom. The monoisotopic (exact) mass is 518 g/mol. The summed E-state index contributed by atoms with van der Waals surface area (Å²) in [5, 5.41) is 10.8. The number of nitrogens with zero attached hydrogens (tertiary/aromatic N) is 2. The molecule has 1 aliphatic carbocycles. The molecule has 2 aromatic rings. The Labute approximate surface area is 222 Å². The number of fused-ring (bicyclic) bond motifs is 2. The number of para-hydroxylation sites is 1. The van der Waals surface area contributed by atoms with E-state index in [0.29, 0.717) is 12.2 Å². The molecule has 200 valence electrons. The van der Waals surface area contributed by atoms with Crippen LogP contribution in [0.25, 0.3) is 0 Å². The van der Waals surface area contributed by atoms with Crippen molar-refractivity contribution in [3.8, 4) is 5.75 Å². The molecule has 1 saturated carbocycles. The van der Waals surface area contributed by atoms with Gasteiger partial charge in [0.25, 0.3) is 17.7 Å². The lowest BCUT2D eigenvalue weighted by Crippen LogP contribution is -2.69. The molecule has 1 spiro atoms. The van der Waals surface area contributed by atoms with Crippen LogP contribution in [0.2, 0.25) is 0 Å². The second kappa shape index (κ2) is 9.66. The summed E-state index contributed by atoms with van der Waals surface area (Å²) in [6.45, 7) is 7.31. The molecule has 5 rings (SSSR count). The van der Waals surface area contributed by atoms with Crippen molar-refractivity contribution in [2.24, 2.45) is 23.7 Å². The minimum absolute atomic E-state index is 0.108. The predicted molar refractivity (Wildman–Crippen MR) is 139 cm³/mol. The third-order valence-electron chi connectivity index (χ3n) is 8.36. The van der Waals surface area contributed by atoms with Crippen LogP contribution < -0.4 is 4.74 Å². The topological polar surface area (TPSA) is 104 Å². The number of benzene rings is 2.